The normalized spacial score (nSPS) is 16.4. The maximum absolute atomic E-state index is 12.8. The first-order valence-electron chi connectivity index (χ1n) is 10.1. The van der Waals surface area contributed by atoms with Crippen molar-refractivity contribution >= 4 is 27.8 Å². The highest BCUT2D eigenvalue weighted by atomic mass is 16.5. The zero-order valence-electron chi connectivity index (χ0n) is 17.1. The van der Waals surface area contributed by atoms with Gasteiger partial charge in [0, 0.05) is 60.1 Å². The number of aromatic nitrogens is 3. The Morgan fingerprint density at radius 3 is 3.03 bits per heavy atom. The number of hydrogen-bond donors (Lipinski definition) is 2. The average Bonchev–Trinajstić information content (AvgIpc) is 3.50. The first-order valence-corrected chi connectivity index (χ1v) is 10.1. The number of amides is 1. The number of hydrogen-bond acceptors (Lipinski definition) is 4. The lowest BCUT2D eigenvalue weighted by Crippen LogP contribution is -2.31. The number of nitrogens with zero attached hydrogens (tertiary/aromatic N) is 2. The molecule has 0 saturated carbocycles. The number of aryl methyl sites for hydroxylation is 1. The van der Waals surface area contributed by atoms with Crippen LogP contribution in [-0.2, 0) is 11.8 Å². The first-order chi connectivity index (χ1) is 14.6. The van der Waals surface area contributed by atoms with Gasteiger partial charge < -0.3 is 24.3 Å². The third-order valence-electron chi connectivity index (χ3n) is 5.78. The maximum atomic E-state index is 12.8. The molecular weight excluding hydrogens is 380 g/mol. The van der Waals surface area contributed by atoms with Crippen molar-refractivity contribution in [2.75, 3.05) is 20.3 Å². The predicted octanol–water partition coefficient (Wildman–Crippen LogP) is 3.64. The van der Waals surface area contributed by atoms with E-state index in [1.54, 1.807) is 19.4 Å². The summed E-state index contributed by atoms with van der Waals surface area (Å²) < 4.78 is 13.1. The van der Waals surface area contributed by atoms with Gasteiger partial charge in [-0.3, -0.25) is 4.79 Å². The molecule has 154 valence electrons. The van der Waals surface area contributed by atoms with Crippen LogP contribution in [0.2, 0.25) is 0 Å². The van der Waals surface area contributed by atoms with Crippen LogP contribution in [0.25, 0.3) is 33.2 Å². The summed E-state index contributed by atoms with van der Waals surface area (Å²) in [6.07, 6.45) is 5.89. The molecular formula is C23H24N4O3. The second-order valence-electron chi connectivity index (χ2n) is 7.69. The van der Waals surface area contributed by atoms with Gasteiger partial charge in [0.2, 0.25) is 0 Å². The number of fused-ring (bicyclic) bond motifs is 2. The summed E-state index contributed by atoms with van der Waals surface area (Å²) in [6.45, 7) is 1.31. The van der Waals surface area contributed by atoms with Crippen LogP contribution in [0.5, 0.6) is 5.75 Å². The molecule has 7 nitrogen and oxygen atoms in total. The highest BCUT2D eigenvalue weighted by Gasteiger charge is 2.19. The van der Waals surface area contributed by atoms with Crippen molar-refractivity contribution < 1.29 is 14.3 Å². The second kappa shape index (κ2) is 7.50. The van der Waals surface area contributed by atoms with Crippen LogP contribution in [0.1, 0.15) is 23.2 Å². The number of nitrogens with one attached hydrogen (secondary N) is 2. The molecule has 2 N–H and O–H groups in total. The summed E-state index contributed by atoms with van der Waals surface area (Å²) in [7, 11) is 3.68. The van der Waals surface area contributed by atoms with E-state index in [2.05, 4.69) is 26.0 Å². The largest absolute Gasteiger partial charge is 0.497 e. The molecule has 1 unspecified atom stereocenters. The standard InChI is InChI=1S/C23H24N4O3/c1-27-13-19(17-10-14(29-2)5-6-21(17)27)20-11-18-16(7-8-24-22(18)26-20)23(28)25-12-15-4-3-9-30-15/h5-8,10-11,13,15H,3-4,9,12H2,1-2H3,(H,24,26)(H,25,28). The quantitative estimate of drug-likeness (QED) is 0.532. The van der Waals surface area contributed by atoms with Crippen molar-refractivity contribution in [1.82, 2.24) is 19.9 Å². The molecule has 4 heterocycles. The lowest BCUT2D eigenvalue weighted by atomic mass is 10.1. The molecule has 7 heteroatoms. The van der Waals surface area contributed by atoms with E-state index in [1.165, 1.54) is 0 Å². The van der Waals surface area contributed by atoms with Crippen LogP contribution in [0.4, 0.5) is 0 Å². The Morgan fingerprint density at radius 2 is 2.23 bits per heavy atom. The minimum absolute atomic E-state index is 0.108. The van der Waals surface area contributed by atoms with E-state index in [-0.39, 0.29) is 12.0 Å². The molecule has 1 aliphatic heterocycles. The Kier molecular flexibility index (Phi) is 4.67. The first kappa shape index (κ1) is 18.7. The molecule has 5 rings (SSSR count). The number of carbonyl (C=O) groups excluding carboxylic acids is 1. The van der Waals surface area contributed by atoms with Crippen LogP contribution < -0.4 is 10.1 Å². The van der Waals surface area contributed by atoms with Crippen molar-refractivity contribution in [2.45, 2.75) is 18.9 Å². The monoisotopic (exact) mass is 404 g/mol. The van der Waals surface area contributed by atoms with E-state index < -0.39 is 0 Å². The van der Waals surface area contributed by atoms with Gasteiger partial charge in [0.1, 0.15) is 11.4 Å². The molecule has 4 aromatic rings. The minimum atomic E-state index is -0.108. The summed E-state index contributed by atoms with van der Waals surface area (Å²) >= 11 is 0. The van der Waals surface area contributed by atoms with Gasteiger partial charge >= 0.3 is 0 Å². The summed E-state index contributed by atoms with van der Waals surface area (Å²) in [5, 5.41) is 4.88. The number of ether oxygens (including phenoxy) is 2. The molecule has 0 bridgehead atoms. The molecule has 1 saturated heterocycles. The van der Waals surface area contributed by atoms with Crippen LogP contribution in [0.3, 0.4) is 0 Å². The average molecular weight is 404 g/mol. The van der Waals surface area contributed by atoms with Crippen molar-refractivity contribution in [3.8, 4) is 17.0 Å². The number of H-pyrrole nitrogens is 1. The van der Waals surface area contributed by atoms with Crippen molar-refractivity contribution in [1.29, 1.82) is 0 Å². The van der Waals surface area contributed by atoms with Gasteiger partial charge in [-0.15, -0.1) is 0 Å². The van der Waals surface area contributed by atoms with Crippen LogP contribution >= 0.6 is 0 Å². The van der Waals surface area contributed by atoms with Gasteiger partial charge in [-0.25, -0.2) is 4.98 Å². The molecule has 1 amide bonds. The highest BCUT2D eigenvalue weighted by molar-refractivity contribution is 6.07. The Hall–Kier alpha value is -3.32. The molecule has 0 spiro atoms. The maximum Gasteiger partial charge on any atom is 0.252 e. The Balaban J connectivity index is 1.52. The number of rotatable bonds is 5. The van der Waals surface area contributed by atoms with Gasteiger partial charge in [-0.05, 0) is 43.2 Å². The number of carbonyl (C=O) groups is 1. The Labute approximate surface area is 174 Å². The fraction of sp³-hybridized carbons (Fsp3) is 0.304. The smallest absolute Gasteiger partial charge is 0.252 e. The molecule has 1 aliphatic rings. The van der Waals surface area contributed by atoms with Crippen molar-refractivity contribution in [3.05, 3.63) is 48.3 Å². The highest BCUT2D eigenvalue weighted by Crippen LogP contribution is 2.34. The van der Waals surface area contributed by atoms with E-state index in [4.69, 9.17) is 9.47 Å². The number of pyridine rings is 1. The van der Waals surface area contributed by atoms with Gasteiger partial charge in [0.05, 0.1) is 18.8 Å². The van der Waals surface area contributed by atoms with Crippen LogP contribution in [0.15, 0.2) is 42.7 Å². The number of methoxy groups -OCH3 is 1. The van der Waals surface area contributed by atoms with Crippen molar-refractivity contribution in [2.24, 2.45) is 7.05 Å². The number of aromatic amines is 1. The topological polar surface area (TPSA) is 81.2 Å². The number of benzene rings is 1. The zero-order chi connectivity index (χ0) is 20.7. The lowest BCUT2D eigenvalue weighted by molar-refractivity contribution is 0.0859. The minimum Gasteiger partial charge on any atom is -0.497 e. The molecule has 1 atom stereocenters. The molecule has 0 aliphatic carbocycles. The summed E-state index contributed by atoms with van der Waals surface area (Å²) in [4.78, 5) is 20.6. The van der Waals surface area contributed by atoms with Crippen LogP contribution in [0, 0.1) is 0 Å². The third-order valence-corrected chi connectivity index (χ3v) is 5.78. The summed E-state index contributed by atoms with van der Waals surface area (Å²) in [5.41, 5.74) is 4.35. The van der Waals surface area contributed by atoms with Gasteiger partial charge in [-0.2, -0.15) is 0 Å². The molecule has 30 heavy (non-hydrogen) atoms. The summed E-state index contributed by atoms with van der Waals surface area (Å²) in [6, 6.07) is 9.78. The van der Waals surface area contributed by atoms with E-state index in [0.29, 0.717) is 17.8 Å². The third kappa shape index (κ3) is 3.21. The fourth-order valence-corrected chi connectivity index (χ4v) is 4.19. The van der Waals surface area contributed by atoms with Gasteiger partial charge in [-0.1, -0.05) is 0 Å². The fourth-order valence-electron chi connectivity index (χ4n) is 4.19. The SMILES string of the molecule is COc1ccc2c(c1)c(-c1cc3c(C(=O)NCC4CCCO4)ccnc3[nH]1)cn2C. The zero-order valence-corrected chi connectivity index (χ0v) is 17.1. The lowest BCUT2D eigenvalue weighted by Gasteiger charge is -2.11. The van der Waals surface area contributed by atoms with Gasteiger partial charge in [0.25, 0.3) is 5.91 Å². The van der Waals surface area contributed by atoms with E-state index in [0.717, 1.165) is 52.7 Å². The van der Waals surface area contributed by atoms with Gasteiger partial charge in [0.15, 0.2) is 0 Å². The molecule has 0 radical (unpaired) electrons. The summed E-state index contributed by atoms with van der Waals surface area (Å²) in [5.74, 6) is 0.696. The molecule has 1 fully saturated rings. The van der Waals surface area contributed by atoms with E-state index >= 15 is 0 Å². The second-order valence-corrected chi connectivity index (χ2v) is 7.69. The Bertz CT molecular complexity index is 1230. The predicted molar refractivity (Wildman–Crippen MR) is 116 cm³/mol. The van der Waals surface area contributed by atoms with Crippen LogP contribution in [-0.4, -0.2) is 46.8 Å². The van der Waals surface area contributed by atoms with Crippen molar-refractivity contribution in [3.63, 3.8) is 0 Å². The van der Waals surface area contributed by atoms with E-state index in [9.17, 15) is 4.79 Å². The molecule has 1 aromatic carbocycles. The molecule has 3 aromatic heterocycles. The van der Waals surface area contributed by atoms with E-state index in [1.807, 2.05) is 31.3 Å². The Morgan fingerprint density at radius 1 is 1.33 bits per heavy atom.